The van der Waals surface area contributed by atoms with E-state index in [0.29, 0.717) is 29.5 Å². The van der Waals surface area contributed by atoms with Crippen LogP contribution in [0.5, 0.6) is 0 Å². The number of nitrogens with two attached hydrogens (primary N) is 1. The Kier molecular flexibility index (Phi) is 3.57. The molecule has 1 aromatic carbocycles. The molecule has 18 heavy (non-hydrogen) atoms. The second-order valence-corrected chi connectivity index (χ2v) is 4.37. The lowest BCUT2D eigenvalue weighted by Gasteiger charge is -2.14. The van der Waals surface area contributed by atoms with E-state index in [9.17, 15) is 9.59 Å². The summed E-state index contributed by atoms with van der Waals surface area (Å²) in [5, 5.41) is 5.73. The van der Waals surface area contributed by atoms with Gasteiger partial charge in [0.05, 0.1) is 11.4 Å². The fraction of sp³-hybridized carbons (Fsp3) is 0.273. The molecule has 1 aliphatic heterocycles. The number of nitrogens with zero attached hydrogens (tertiary/aromatic N) is 1. The molecule has 1 aliphatic rings. The third-order valence-corrected chi connectivity index (χ3v) is 2.80. The summed E-state index contributed by atoms with van der Waals surface area (Å²) in [6, 6.07) is 4.59. The zero-order chi connectivity index (χ0) is 13.1. The van der Waals surface area contributed by atoms with Crippen LogP contribution >= 0.6 is 11.6 Å². The molecule has 1 saturated heterocycles. The Morgan fingerprint density at radius 1 is 1.56 bits per heavy atom. The lowest BCUT2D eigenvalue weighted by Crippen LogP contribution is -2.35. The first-order valence-corrected chi connectivity index (χ1v) is 5.82. The van der Waals surface area contributed by atoms with E-state index in [4.69, 9.17) is 17.3 Å². The number of rotatable bonds is 3. The highest BCUT2D eigenvalue weighted by atomic mass is 35.5. The van der Waals surface area contributed by atoms with Crippen LogP contribution in [0, 0.1) is 0 Å². The zero-order valence-corrected chi connectivity index (χ0v) is 10.3. The number of anilines is 2. The average Bonchev–Trinajstić information content (AvgIpc) is 2.70. The molecule has 0 atom stereocenters. The van der Waals surface area contributed by atoms with Crippen molar-refractivity contribution in [2.24, 2.45) is 0 Å². The largest absolute Gasteiger partial charge is 0.397 e. The number of carbonyl (C=O) groups is 2. The average molecular weight is 269 g/mol. The van der Waals surface area contributed by atoms with Crippen molar-refractivity contribution >= 4 is 34.9 Å². The number of hydrogen-bond donors (Lipinski definition) is 3. The molecule has 0 saturated carbocycles. The van der Waals surface area contributed by atoms with Gasteiger partial charge in [-0.1, -0.05) is 11.6 Å². The zero-order valence-electron chi connectivity index (χ0n) is 9.57. The van der Waals surface area contributed by atoms with Crippen LogP contribution in [0.15, 0.2) is 18.2 Å². The van der Waals surface area contributed by atoms with E-state index in [1.54, 1.807) is 18.2 Å². The molecule has 4 N–H and O–H groups in total. The minimum absolute atomic E-state index is 0.00220. The highest BCUT2D eigenvalue weighted by Gasteiger charge is 2.21. The Labute approximate surface area is 109 Å². The summed E-state index contributed by atoms with van der Waals surface area (Å²) in [4.78, 5) is 24.4. The van der Waals surface area contributed by atoms with Crippen molar-refractivity contribution < 1.29 is 9.59 Å². The van der Waals surface area contributed by atoms with Gasteiger partial charge in [0, 0.05) is 18.1 Å². The monoisotopic (exact) mass is 268 g/mol. The number of amides is 3. The first kappa shape index (κ1) is 12.5. The highest BCUT2D eigenvalue weighted by Crippen LogP contribution is 2.22. The van der Waals surface area contributed by atoms with Crippen LogP contribution in [0.2, 0.25) is 5.02 Å². The molecule has 0 unspecified atom stereocenters. The molecule has 2 rings (SSSR count). The van der Waals surface area contributed by atoms with Gasteiger partial charge in [0.15, 0.2) is 0 Å². The van der Waals surface area contributed by atoms with Crippen molar-refractivity contribution in [2.75, 3.05) is 30.7 Å². The smallest absolute Gasteiger partial charge is 0.317 e. The van der Waals surface area contributed by atoms with Crippen LogP contribution < -0.4 is 16.4 Å². The number of urea groups is 1. The van der Waals surface area contributed by atoms with Crippen molar-refractivity contribution in [3.05, 3.63) is 23.2 Å². The molecule has 0 radical (unpaired) electrons. The van der Waals surface area contributed by atoms with Gasteiger partial charge < -0.3 is 21.3 Å². The molecule has 96 valence electrons. The van der Waals surface area contributed by atoms with Crippen molar-refractivity contribution in [2.45, 2.75) is 0 Å². The van der Waals surface area contributed by atoms with Crippen LogP contribution in [0.3, 0.4) is 0 Å². The summed E-state index contributed by atoms with van der Waals surface area (Å²) in [7, 11) is 0. The Bertz CT molecular complexity index is 492. The number of nitrogens with one attached hydrogen (secondary N) is 2. The van der Waals surface area contributed by atoms with Crippen molar-refractivity contribution in [1.29, 1.82) is 0 Å². The van der Waals surface area contributed by atoms with Gasteiger partial charge >= 0.3 is 6.03 Å². The van der Waals surface area contributed by atoms with Gasteiger partial charge in [-0.3, -0.25) is 4.79 Å². The molecule has 3 amide bonds. The minimum atomic E-state index is -0.305. The van der Waals surface area contributed by atoms with E-state index in [1.807, 2.05) is 0 Å². The van der Waals surface area contributed by atoms with Crippen LogP contribution in [0.1, 0.15) is 0 Å². The second-order valence-electron chi connectivity index (χ2n) is 3.93. The fourth-order valence-corrected chi connectivity index (χ4v) is 1.83. The predicted molar refractivity (Wildman–Crippen MR) is 69.5 cm³/mol. The Morgan fingerprint density at radius 3 is 3.00 bits per heavy atom. The van der Waals surface area contributed by atoms with E-state index in [2.05, 4.69) is 10.6 Å². The summed E-state index contributed by atoms with van der Waals surface area (Å²) in [5.41, 5.74) is 6.59. The molecule has 0 spiro atoms. The minimum Gasteiger partial charge on any atom is -0.397 e. The molecule has 7 heteroatoms. The highest BCUT2D eigenvalue weighted by molar-refractivity contribution is 6.31. The maximum absolute atomic E-state index is 11.7. The van der Waals surface area contributed by atoms with Crippen molar-refractivity contribution in [3.63, 3.8) is 0 Å². The fourth-order valence-electron chi connectivity index (χ4n) is 1.66. The number of benzene rings is 1. The van der Waals surface area contributed by atoms with E-state index >= 15 is 0 Å². The Morgan fingerprint density at radius 2 is 2.33 bits per heavy atom. The number of carbonyl (C=O) groups excluding carboxylic acids is 2. The normalized spacial score (nSPS) is 14.5. The molecule has 1 heterocycles. The third-order valence-electron chi connectivity index (χ3n) is 2.57. The molecule has 1 aromatic rings. The van der Waals surface area contributed by atoms with E-state index in [-0.39, 0.29) is 18.5 Å². The molecule has 0 aromatic heterocycles. The van der Waals surface area contributed by atoms with Gasteiger partial charge in [0.2, 0.25) is 5.91 Å². The van der Waals surface area contributed by atoms with Crippen LogP contribution in [-0.2, 0) is 4.79 Å². The number of hydrogen-bond acceptors (Lipinski definition) is 3. The summed E-state index contributed by atoms with van der Waals surface area (Å²) < 4.78 is 0. The standard InChI is InChI=1S/C11H13ClN4O2/c12-7-1-2-8(13)9(5-7)15-10(17)6-16-4-3-14-11(16)18/h1-2,5H,3-4,6,13H2,(H,14,18)(H,15,17). The predicted octanol–water partition coefficient (Wildman–Crippen LogP) is 0.886. The SMILES string of the molecule is Nc1ccc(Cl)cc1NC(=O)CN1CCNC1=O. The van der Waals surface area contributed by atoms with Crippen LogP contribution in [-0.4, -0.2) is 36.5 Å². The van der Waals surface area contributed by atoms with Crippen molar-refractivity contribution in [1.82, 2.24) is 10.2 Å². The quantitative estimate of drug-likeness (QED) is 0.712. The molecule has 0 bridgehead atoms. The van der Waals surface area contributed by atoms with Gasteiger partial charge in [0.1, 0.15) is 6.54 Å². The van der Waals surface area contributed by atoms with E-state index in [1.165, 1.54) is 4.90 Å². The second kappa shape index (κ2) is 5.14. The molecule has 6 nitrogen and oxygen atoms in total. The molecular weight excluding hydrogens is 256 g/mol. The van der Waals surface area contributed by atoms with Crippen molar-refractivity contribution in [3.8, 4) is 0 Å². The van der Waals surface area contributed by atoms with Gasteiger partial charge in [-0.25, -0.2) is 4.79 Å². The number of halogens is 1. The summed E-state index contributed by atoms with van der Waals surface area (Å²) in [6.45, 7) is 1.08. The molecular formula is C11H13ClN4O2. The lowest BCUT2D eigenvalue weighted by molar-refractivity contribution is -0.116. The van der Waals surface area contributed by atoms with Gasteiger partial charge in [-0.2, -0.15) is 0 Å². The maximum Gasteiger partial charge on any atom is 0.317 e. The van der Waals surface area contributed by atoms with Crippen LogP contribution in [0.4, 0.5) is 16.2 Å². The summed E-state index contributed by atoms with van der Waals surface area (Å²) in [6.07, 6.45) is 0. The molecule has 0 aliphatic carbocycles. The van der Waals surface area contributed by atoms with E-state index < -0.39 is 0 Å². The number of nitrogen functional groups attached to an aromatic ring is 1. The summed E-state index contributed by atoms with van der Waals surface area (Å²) in [5.74, 6) is -0.305. The van der Waals surface area contributed by atoms with E-state index in [0.717, 1.165) is 0 Å². The van der Waals surface area contributed by atoms with Gasteiger partial charge in [0.25, 0.3) is 0 Å². The third kappa shape index (κ3) is 2.84. The topological polar surface area (TPSA) is 87.5 Å². The maximum atomic E-state index is 11.7. The first-order valence-electron chi connectivity index (χ1n) is 5.44. The Balaban J connectivity index is 1.98. The summed E-state index contributed by atoms with van der Waals surface area (Å²) >= 11 is 5.81. The molecule has 1 fully saturated rings. The Hall–Kier alpha value is -1.95. The first-order chi connectivity index (χ1) is 8.56. The lowest BCUT2D eigenvalue weighted by atomic mass is 10.2. The van der Waals surface area contributed by atoms with Gasteiger partial charge in [-0.05, 0) is 18.2 Å². The van der Waals surface area contributed by atoms with Gasteiger partial charge in [-0.15, -0.1) is 0 Å². The van der Waals surface area contributed by atoms with Crippen LogP contribution in [0.25, 0.3) is 0 Å².